The van der Waals surface area contributed by atoms with Gasteiger partial charge in [-0.2, -0.15) is 0 Å². The van der Waals surface area contributed by atoms with Crippen LogP contribution < -0.4 is 10.6 Å². The van der Waals surface area contributed by atoms with Gasteiger partial charge in [0.15, 0.2) is 0 Å². The maximum atomic E-state index is 13.4. The van der Waals surface area contributed by atoms with Gasteiger partial charge in [-0.05, 0) is 24.6 Å². The van der Waals surface area contributed by atoms with E-state index < -0.39 is 23.4 Å². The number of carbonyl (C=O) groups excluding carboxylic acids is 1. The van der Waals surface area contributed by atoms with Crippen LogP contribution >= 0.6 is 0 Å². The van der Waals surface area contributed by atoms with Gasteiger partial charge in [0.05, 0.1) is 12.2 Å². The first-order valence-electron chi connectivity index (χ1n) is 6.21. The molecule has 0 spiro atoms. The Morgan fingerprint density at radius 3 is 2.85 bits per heavy atom. The molecule has 1 aliphatic heterocycles. The molecule has 1 aromatic carbocycles. The largest absolute Gasteiger partial charge is 0.478 e. The summed E-state index contributed by atoms with van der Waals surface area (Å²) in [5.41, 5.74) is -0.230. The zero-order chi connectivity index (χ0) is 14.5. The van der Waals surface area contributed by atoms with Crippen molar-refractivity contribution in [2.75, 3.05) is 25.1 Å². The standard InChI is InChI=1S/C13H15FN2O4/c14-11-5-9(1-2-10(11)12(17)18)16-13(19)15-6-8-3-4-20-7-8/h1-2,5,8H,3-4,6-7H2,(H,17,18)(H2,15,16,19). The molecule has 1 aromatic rings. The Hall–Kier alpha value is -2.15. The predicted molar refractivity (Wildman–Crippen MR) is 69.3 cm³/mol. The summed E-state index contributed by atoms with van der Waals surface area (Å²) < 4.78 is 18.6. The van der Waals surface area contributed by atoms with E-state index in [1.807, 2.05) is 0 Å². The SMILES string of the molecule is O=C(NCC1CCOC1)Nc1ccc(C(=O)O)c(F)c1. The van der Waals surface area contributed by atoms with Gasteiger partial charge in [0.1, 0.15) is 5.82 Å². The topological polar surface area (TPSA) is 87.7 Å². The molecule has 0 aromatic heterocycles. The lowest BCUT2D eigenvalue weighted by atomic mass is 10.1. The fourth-order valence-corrected chi connectivity index (χ4v) is 1.92. The number of hydrogen-bond acceptors (Lipinski definition) is 3. The number of rotatable bonds is 4. The zero-order valence-electron chi connectivity index (χ0n) is 10.7. The number of carboxylic acid groups (broad SMARTS) is 1. The first-order valence-corrected chi connectivity index (χ1v) is 6.21. The van der Waals surface area contributed by atoms with Crippen LogP contribution in [-0.2, 0) is 4.74 Å². The number of carbonyl (C=O) groups is 2. The zero-order valence-corrected chi connectivity index (χ0v) is 10.7. The molecule has 1 unspecified atom stereocenters. The number of amides is 2. The Kier molecular flexibility index (Phi) is 4.52. The van der Waals surface area contributed by atoms with E-state index in [1.54, 1.807) is 0 Å². The van der Waals surface area contributed by atoms with Crippen LogP contribution in [0, 0.1) is 11.7 Å². The van der Waals surface area contributed by atoms with Crippen molar-refractivity contribution in [1.29, 1.82) is 0 Å². The van der Waals surface area contributed by atoms with Gasteiger partial charge in [-0.25, -0.2) is 14.0 Å². The molecular formula is C13H15FN2O4. The van der Waals surface area contributed by atoms with E-state index in [0.29, 0.717) is 25.7 Å². The molecule has 1 saturated heterocycles. The van der Waals surface area contributed by atoms with Crippen LogP contribution in [0.25, 0.3) is 0 Å². The summed E-state index contributed by atoms with van der Waals surface area (Å²) in [4.78, 5) is 22.3. The van der Waals surface area contributed by atoms with Gasteiger partial charge in [0, 0.05) is 24.8 Å². The van der Waals surface area contributed by atoms with Crippen molar-refractivity contribution < 1.29 is 23.8 Å². The smallest absolute Gasteiger partial charge is 0.338 e. The molecule has 108 valence electrons. The highest BCUT2D eigenvalue weighted by molar-refractivity contribution is 5.91. The normalized spacial score (nSPS) is 17.8. The van der Waals surface area contributed by atoms with Crippen molar-refractivity contribution in [2.24, 2.45) is 5.92 Å². The predicted octanol–water partition coefficient (Wildman–Crippen LogP) is 1.68. The number of benzene rings is 1. The van der Waals surface area contributed by atoms with Crippen LogP contribution in [0.2, 0.25) is 0 Å². The summed E-state index contributed by atoms with van der Waals surface area (Å²) in [6.45, 7) is 1.82. The Bertz CT molecular complexity index is 515. The molecule has 7 heteroatoms. The summed E-state index contributed by atoms with van der Waals surface area (Å²) in [7, 11) is 0. The third kappa shape index (κ3) is 3.67. The van der Waals surface area contributed by atoms with Crippen LogP contribution in [0.15, 0.2) is 18.2 Å². The molecule has 1 fully saturated rings. The first-order chi connectivity index (χ1) is 9.56. The second-order valence-corrected chi connectivity index (χ2v) is 4.56. The minimum atomic E-state index is -1.35. The summed E-state index contributed by atoms with van der Waals surface area (Å²) in [5, 5.41) is 13.8. The fourth-order valence-electron chi connectivity index (χ4n) is 1.92. The molecule has 2 rings (SSSR count). The third-order valence-electron chi connectivity index (χ3n) is 3.03. The second kappa shape index (κ2) is 6.33. The molecule has 1 aliphatic rings. The van der Waals surface area contributed by atoms with Crippen molar-refractivity contribution in [3.05, 3.63) is 29.6 Å². The summed E-state index contributed by atoms with van der Waals surface area (Å²) in [6.07, 6.45) is 0.905. The van der Waals surface area contributed by atoms with Gasteiger partial charge in [-0.3, -0.25) is 0 Å². The Morgan fingerprint density at radius 1 is 1.45 bits per heavy atom. The van der Waals surface area contributed by atoms with Gasteiger partial charge in [0.2, 0.25) is 0 Å². The average Bonchev–Trinajstić information content (AvgIpc) is 2.89. The molecule has 20 heavy (non-hydrogen) atoms. The molecule has 1 heterocycles. The maximum absolute atomic E-state index is 13.4. The van der Waals surface area contributed by atoms with E-state index in [4.69, 9.17) is 9.84 Å². The number of hydrogen-bond donors (Lipinski definition) is 3. The molecule has 3 N–H and O–H groups in total. The minimum Gasteiger partial charge on any atom is -0.478 e. The highest BCUT2D eigenvalue weighted by Crippen LogP contribution is 2.15. The number of aromatic carboxylic acids is 1. The summed E-state index contributed by atoms with van der Waals surface area (Å²) in [6, 6.07) is 2.96. The number of halogens is 1. The number of ether oxygens (including phenoxy) is 1. The van der Waals surface area contributed by atoms with E-state index in [9.17, 15) is 14.0 Å². The average molecular weight is 282 g/mol. The van der Waals surface area contributed by atoms with Gasteiger partial charge in [-0.1, -0.05) is 0 Å². The van der Waals surface area contributed by atoms with Crippen molar-refractivity contribution in [3.8, 4) is 0 Å². The quantitative estimate of drug-likeness (QED) is 0.784. The molecule has 6 nitrogen and oxygen atoms in total. The van der Waals surface area contributed by atoms with Gasteiger partial charge in [-0.15, -0.1) is 0 Å². The van der Waals surface area contributed by atoms with E-state index in [2.05, 4.69) is 10.6 Å². The van der Waals surface area contributed by atoms with Crippen LogP contribution in [0.3, 0.4) is 0 Å². The lowest BCUT2D eigenvalue weighted by molar-refractivity contribution is 0.0692. The van der Waals surface area contributed by atoms with E-state index >= 15 is 0 Å². The Balaban J connectivity index is 1.87. The highest BCUT2D eigenvalue weighted by atomic mass is 19.1. The van der Waals surface area contributed by atoms with Crippen molar-refractivity contribution in [3.63, 3.8) is 0 Å². The summed E-state index contributed by atoms with van der Waals surface area (Å²) >= 11 is 0. The molecule has 0 aliphatic carbocycles. The maximum Gasteiger partial charge on any atom is 0.338 e. The second-order valence-electron chi connectivity index (χ2n) is 4.56. The molecule has 0 saturated carbocycles. The van der Waals surface area contributed by atoms with E-state index in [0.717, 1.165) is 18.6 Å². The van der Waals surface area contributed by atoms with Gasteiger partial charge >= 0.3 is 12.0 Å². The van der Waals surface area contributed by atoms with Gasteiger partial charge in [0.25, 0.3) is 0 Å². The van der Waals surface area contributed by atoms with Crippen LogP contribution in [0.1, 0.15) is 16.8 Å². The number of carboxylic acids is 1. The molecule has 0 bridgehead atoms. The van der Waals surface area contributed by atoms with Crippen LogP contribution in [0.4, 0.5) is 14.9 Å². The van der Waals surface area contributed by atoms with E-state index in [1.165, 1.54) is 6.07 Å². The number of urea groups is 1. The molecule has 2 amide bonds. The van der Waals surface area contributed by atoms with Crippen LogP contribution in [-0.4, -0.2) is 36.9 Å². The van der Waals surface area contributed by atoms with Crippen LogP contribution in [0.5, 0.6) is 0 Å². The van der Waals surface area contributed by atoms with Crippen molar-refractivity contribution >= 4 is 17.7 Å². The minimum absolute atomic E-state index is 0.202. The highest BCUT2D eigenvalue weighted by Gasteiger charge is 2.16. The lowest BCUT2D eigenvalue weighted by Gasteiger charge is -2.11. The first kappa shape index (κ1) is 14.3. The monoisotopic (exact) mass is 282 g/mol. The van der Waals surface area contributed by atoms with Crippen molar-refractivity contribution in [1.82, 2.24) is 5.32 Å². The fraction of sp³-hybridized carbons (Fsp3) is 0.385. The molecular weight excluding hydrogens is 267 g/mol. The number of anilines is 1. The Morgan fingerprint density at radius 2 is 2.25 bits per heavy atom. The molecule has 1 atom stereocenters. The lowest BCUT2D eigenvalue weighted by Crippen LogP contribution is -2.33. The van der Waals surface area contributed by atoms with E-state index in [-0.39, 0.29) is 5.69 Å². The summed E-state index contributed by atoms with van der Waals surface area (Å²) in [5.74, 6) is -1.94. The van der Waals surface area contributed by atoms with Crippen molar-refractivity contribution in [2.45, 2.75) is 6.42 Å². The number of nitrogens with one attached hydrogen (secondary N) is 2. The van der Waals surface area contributed by atoms with Gasteiger partial charge < -0.3 is 20.5 Å². The molecule has 0 radical (unpaired) electrons. The Labute approximate surface area is 114 Å². The third-order valence-corrected chi connectivity index (χ3v) is 3.03.